The molecule has 3 heteroatoms. The predicted molar refractivity (Wildman–Crippen MR) is 146 cm³/mol. The van der Waals surface area contributed by atoms with Crippen LogP contribution in [0.1, 0.15) is 23.6 Å². The number of benzene rings is 4. The van der Waals surface area contributed by atoms with Gasteiger partial charge in [-0.05, 0) is 73.9 Å². The molecule has 4 rings (SSSR count). The van der Waals surface area contributed by atoms with Gasteiger partial charge in [-0.2, -0.15) is 0 Å². The summed E-state index contributed by atoms with van der Waals surface area (Å²) in [6, 6.07) is 34.3. The second kappa shape index (κ2) is 10.9. The highest BCUT2D eigenvalue weighted by Crippen LogP contribution is 2.35. The minimum absolute atomic E-state index is 0.341. The smallest absolute Gasteiger partial charge is 0.333 e. The molecule has 0 aliphatic heterocycles. The maximum atomic E-state index is 11.5. The van der Waals surface area contributed by atoms with Gasteiger partial charge in [0, 0.05) is 29.1 Å². The zero-order valence-corrected chi connectivity index (χ0v) is 20.6. The number of esters is 1. The molecule has 0 radical (unpaired) electrons. The summed E-state index contributed by atoms with van der Waals surface area (Å²) < 4.78 is 5.20. The van der Waals surface area contributed by atoms with Crippen molar-refractivity contribution in [2.24, 2.45) is 0 Å². The fourth-order valence-electron chi connectivity index (χ4n) is 3.89. The van der Waals surface area contributed by atoms with Crippen molar-refractivity contribution in [3.05, 3.63) is 126 Å². The highest BCUT2D eigenvalue weighted by atomic mass is 16.5. The van der Waals surface area contributed by atoms with Crippen LogP contribution in [0, 0.1) is 13.8 Å². The lowest BCUT2D eigenvalue weighted by atomic mass is 10.0. The summed E-state index contributed by atoms with van der Waals surface area (Å²) in [5.74, 6) is -0.341. The highest BCUT2D eigenvalue weighted by molar-refractivity contribution is 5.86. The van der Waals surface area contributed by atoms with Crippen LogP contribution in [0.3, 0.4) is 0 Å². The van der Waals surface area contributed by atoms with Crippen molar-refractivity contribution in [3.63, 3.8) is 0 Å². The van der Waals surface area contributed by atoms with E-state index < -0.39 is 0 Å². The number of nitrogens with zero attached hydrogens (tertiary/aromatic N) is 1. The molecule has 0 amide bonds. The zero-order chi connectivity index (χ0) is 24.8. The molecule has 0 saturated heterocycles. The number of anilines is 3. The van der Waals surface area contributed by atoms with E-state index in [2.05, 4.69) is 122 Å². The number of rotatable bonds is 8. The number of ether oxygens (including phenoxy) is 1. The van der Waals surface area contributed by atoms with Gasteiger partial charge < -0.3 is 9.64 Å². The molecule has 4 aromatic carbocycles. The van der Waals surface area contributed by atoms with Gasteiger partial charge in [0.2, 0.25) is 0 Å². The molecule has 0 unspecified atom stereocenters. The van der Waals surface area contributed by atoms with Crippen molar-refractivity contribution < 1.29 is 9.53 Å². The third-order valence-electron chi connectivity index (χ3n) is 5.97. The molecule has 0 heterocycles. The van der Waals surface area contributed by atoms with E-state index in [9.17, 15) is 4.79 Å². The number of carbonyl (C=O) groups excluding carboxylic acids is 1. The van der Waals surface area contributed by atoms with Crippen LogP contribution in [-0.4, -0.2) is 12.6 Å². The first-order valence-electron chi connectivity index (χ1n) is 11.9. The molecule has 4 aromatic rings. The zero-order valence-electron chi connectivity index (χ0n) is 20.6. The average molecular weight is 462 g/mol. The molecule has 0 bridgehead atoms. The molecule has 0 N–H and O–H groups in total. The summed E-state index contributed by atoms with van der Waals surface area (Å²) in [4.78, 5) is 13.8. The summed E-state index contributed by atoms with van der Waals surface area (Å²) >= 11 is 0. The molecule has 0 atom stereocenters. The fraction of sp³-hybridized carbons (Fsp3) is 0.156. The van der Waals surface area contributed by atoms with E-state index in [0.717, 1.165) is 33.8 Å². The highest BCUT2D eigenvalue weighted by Gasteiger charge is 2.12. The monoisotopic (exact) mass is 461 g/mol. The van der Waals surface area contributed by atoms with Gasteiger partial charge in [-0.1, -0.05) is 78.4 Å². The number of hydrogen-bond acceptors (Lipinski definition) is 3. The van der Waals surface area contributed by atoms with E-state index >= 15 is 0 Å². The molecular weight excluding hydrogens is 430 g/mol. The van der Waals surface area contributed by atoms with Crippen molar-refractivity contribution >= 4 is 23.0 Å². The average Bonchev–Trinajstić information content (AvgIpc) is 2.87. The molecule has 0 saturated carbocycles. The largest absolute Gasteiger partial charge is 0.462 e. The SMILES string of the molecule is C=C(C)C(=O)OCCc1ccc(-c2ccc(N(c3ccc(C)cc3)c3ccc(C)cc3)cc2)cc1. The molecule has 35 heavy (non-hydrogen) atoms. The Hall–Kier alpha value is -4.11. The molecule has 3 nitrogen and oxygen atoms in total. The van der Waals surface area contributed by atoms with Crippen molar-refractivity contribution in [3.8, 4) is 11.1 Å². The Labute approximate surface area is 208 Å². The Bertz CT molecular complexity index is 1240. The summed E-state index contributed by atoms with van der Waals surface area (Å²) in [5.41, 5.74) is 9.70. The summed E-state index contributed by atoms with van der Waals surface area (Å²) in [6.07, 6.45) is 0.681. The molecular formula is C32H31NO2. The van der Waals surface area contributed by atoms with E-state index in [-0.39, 0.29) is 5.97 Å². The van der Waals surface area contributed by atoms with Crippen LogP contribution in [0.4, 0.5) is 17.1 Å². The Kier molecular flexibility index (Phi) is 7.47. The van der Waals surface area contributed by atoms with E-state index in [1.807, 2.05) is 0 Å². The van der Waals surface area contributed by atoms with Crippen LogP contribution < -0.4 is 4.90 Å². The fourth-order valence-corrected chi connectivity index (χ4v) is 3.89. The Morgan fingerprint density at radius 2 is 1.09 bits per heavy atom. The van der Waals surface area contributed by atoms with E-state index in [0.29, 0.717) is 18.6 Å². The molecule has 0 aliphatic carbocycles. The van der Waals surface area contributed by atoms with Crippen molar-refractivity contribution in [2.75, 3.05) is 11.5 Å². The van der Waals surface area contributed by atoms with E-state index in [1.165, 1.54) is 11.1 Å². The number of carbonyl (C=O) groups is 1. The Morgan fingerprint density at radius 1 is 0.686 bits per heavy atom. The number of aryl methyl sites for hydroxylation is 2. The Balaban J connectivity index is 1.53. The molecule has 0 aromatic heterocycles. The normalized spacial score (nSPS) is 10.6. The lowest BCUT2D eigenvalue weighted by molar-refractivity contribution is -0.138. The summed E-state index contributed by atoms with van der Waals surface area (Å²) in [5, 5.41) is 0. The van der Waals surface area contributed by atoms with Crippen LogP contribution in [0.25, 0.3) is 11.1 Å². The Morgan fingerprint density at radius 3 is 1.51 bits per heavy atom. The van der Waals surface area contributed by atoms with Crippen molar-refractivity contribution in [1.29, 1.82) is 0 Å². The first-order valence-corrected chi connectivity index (χ1v) is 11.9. The second-order valence-electron chi connectivity index (χ2n) is 8.92. The maximum absolute atomic E-state index is 11.5. The van der Waals surface area contributed by atoms with Crippen molar-refractivity contribution in [1.82, 2.24) is 0 Å². The lowest BCUT2D eigenvalue weighted by Gasteiger charge is -2.26. The van der Waals surface area contributed by atoms with Gasteiger partial charge in [0.25, 0.3) is 0 Å². The lowest BCUT2D eigenvalue weighted by Crippen LogP contribution is -2.09. The van der Waals surface area contributed by atoms with E-state index in [1.54, 1.807) is 6.92 Å². The molecule has 176 valence electrons. The van der Waals surface area contributed by atoms with Crippen molar-refractivity contribution in [2.45, 2.75) is 27.2 Å². The predicted octanol–water partition coefficient (Wildman–Crippen LogP) is 8.10. The minimum Gasteiger partial charge on any atom is -0.462 e. The van der Waals surface area contributed by atoms with Gasteiger partial charge in [-0.15, -0.1) is 0 Å². The van der Waals surface area contributed by atoms with Crippen LogP contribution in [0.5, 0.6) is 0 Å². The molecule has 0 spiro atoms. The van der Waals surface area contributed by atoms with Gasteiger partial charge in [0.15, 0.2) is 0 Å². The third kappa shape index (κ3) is 6.07. The number of hydrogen-bond donors (Lipinski definition) is 0. The first-order chi connectivity index (χ1) is 16.9. The van der Waals surface area contributed by atoms with Crippen LogP contribution in [0.15, 0.2) is 109 Å². The quantitative estimate of drug-likeness (QED) is 0.196. The van der Waals surface area contributed by atoms with Gasteiger partial charge in [0.1, 0.15) is 0 Å². The van der Waals surface area contributed by atoms with Gasteiger partial charge >= 0.3 is 5.97 Å². The second-order valence-corrected chi connectivity index (χ2v) is 8.92. The standard InChI is InChI=1S/C32H31NO2/c1-23(2)32(34)35-22-21-26-9-11-27(12-10-26)28-13-19-31(20-14-28)33(29-15-5-24(3)6-16-29)30-17-7-25(4)8-18-30/h5-20H,1,21-22H2,2-4H3. The maximum Gasteiger partial charge on any atom is 0.333 e. The van der Waals surface area contributed by atoms with Gasteiger partial charge in [-0.25, -0.2) is 4.79 Å². The summed E-state index contributed by atoms with van der Waals surface area (Å²) in [7, 11) is 0. The van der Waals surface area contributed by atoms with E-state index in [4.69, 9.17) is 4.74 Å². The van der Waals surface area contributed by atoms with Crippen LogP contribution in [-0.2, 0) is 16.0 Å². The summed E-state index contributed by atoms with van der Waals surface area (Å²) in [6.45, 7) is 9.83. The first kappa shape index (κ1) is 24.0. The van der Waals surface area contributed by atoms with Gasteiger partial charge in [0.05, 0.1) is 6.61 Å². The molecule has 0 aliphatic rings. The van der Waals surface area contributed by atoms with Gasteiger partial charge in [-0.3, -0.25) is 0 Å². The third-order valence-corrected chi connectivity index (χ3v) is 5.97. The topological polar surface area (TPSA) is 29.5 Å². The van der Waals surface area contributed by atoms with Crippen LogP contribution in [0.2, 0.25) is 0 Å². The minimum atomic E-state index is -0.341. The van der Waals surface area contributed by atoms with Crippen LogP contribution >= 0.6 is 0 Å². The molecule has 0 fully saturated rings.